The molecule has 1 aromatic carbocycles. The summed E-state index contributed by atoms with van der Waals surface area (Å²) in [7, 11) is 0. The van der Waals surface area contributed by atoms with Gasteiger partial charge in [-0.1, -0.05) is 23.7 Å². The van der Waals surface area contributed by atoms with Gasteiger partial charge in [-0.2, -0.15) is 4.37 Å². The molecule has 0 saturated carbocycles. The lowest BCUT2D eigenvalue weighted by Gasteiger charge is -2.04. The van der Waals surface area contributed by atoms with Gasteiger partial charge in [0.15, 0.2) is 0 Å². The van der Waals surface area contributed by atoms with Gasteiger partial charge in [0.05, 0.1) is 11.2 Å². The molecular formula is C11H6ClNO4S. The third-order valence-corrected chi connectivity index (χ3v) is 3.12. The Morgan fingerprint density at radius 2 is 2.06 bits per heavy atom. The van der Waals surface area contributed by atoms with E-state index in [0.29, 0.717) is 0 Å². The summed E-state index contributed by atoms with van der Waals surface area (Å²) in [6.07, 6.45) is 1.11. The molecule has 0 bridgehead atoms. The highest BCUT2D eigenvalue weighted by Gasteiger charge is 2.21. The molecule has 0 unspecified atom stereocenters. The fraction of sp³-hybridized carbons (Fsp3) is 0. The predicted molar refractivity (Wildman–Crippen MR) is 65.5 cm³/mol. The Labute approximate surface area is 111 Å². The van der Waals surface area contributed by atoms with Crippen molar-refractivity contribution in [2.75, 3.05) is 0 Å². The van der Waals surface area contributed by atoms with Crippen LogP contribution in [-0.4, -0.2) is 21.4 Å². The number of carbonyl (C=O) groups excluding carboxylic acids is 1. The summed E-state index contributed by atoms with van der Waals surface area (Å²) in [6.45, 7) is 0. The number of halogens is 1. The molecule has 2 aromatic rings. The van der Waals surface area contributed by atoms with Gasteiger partial charge in [0.1, 0.15) is 16.2 Å². The van der Waals surface area contributed by atoms with Crippen molar-refractivity contribution >= 4 is 35.1 Å². The molecule has 0 saturated heterocycles. The summed E-state index contributed by atoms with van der Waals surface area (Å²) in [5.74, 6) is -1.84. The zero-order chi connectivity index (χ0) is 13.1. The van der Waals surface area contributed by atoms with E-state index in [2.05, 4.69) is 4.37 Å². The maximum atomic E-state index is 11.8. The first kappa shape index (κ1) is 12.5. The van der Waals surface area contributed by atoms with Gasteiger partial charge < -0.3 is 9.84 Å². The Balaban J connectivity index is 2.25. The number of hydrogen-bond donors (Lipinski definition) is 1. The first-order valence-corrected chi connectivity index (χ1v) is 5.89. The smallest absolute Gasteiger partial charge is 0.356 e. The molecule has 92 valence electrons. The molecular weight excluding hydrogens is 278 g/mol. The number of ether oxygens (including phenoxy) is 1. The average Bonchev–Trinajstić information content (AvgIpc) is 2.81. The van der Waals surface area contributed by atoms with Gasteiger partial charge in [0.25, 0.3) is 0 Å². The van der Waals surface area contributed by atoms with Crippen LogP contribution in [0.5, 0.6) is 5.75 Å². The van der Waals surface area contributed by atoms with Crippen molar-refractivity contribution in [1.82, 2.24) is 4.37 Å². The second kappa shape index (κ2) is 5.16. The highest BCUT2D eigenvalue weighted by molar-refractivity contribution is 7.08. The third kappa shape index (κ3) is 2.49. The normalized spacial score (nSPS) is 10.1. The average molecular weight is 284 g/mol. The van der Waals surface area contributed by atoms with Gasteiger partial charge >= 0.3 is 11.9 Å². The fourth-order valence-electron chi connectivity index (χ4n) is 1.21. The first-order chi connectivity index (χ1) is 8.59. The number of carboxylic acids is 1. The maximum absolute atomic E-state index is 11.8. The Kier molecular flexibility index (Phi) is 3.59. The van der Waals surface area contributed by atoms with Crippen LogP contribution in [0.15, 0.2) is 30.5 Å². The zero-order valence-corrected chi connectivity index (χ0v) is 10.4. The van der Waals surface area contributed by atoms with Crippen molar-refractivity contribution in [2.24, 2.45) is 0 Å². The van der Waals surface area contributed by atoms with Crippen LogP contribution >= 0.6 is 23.1 Å². The van der Waals surface area contributed by atoms with Crippen LogP contribution in [0, 0.1) is 0 Å². The minimum absolute atomic E-state index is 0.0672. The number of carbonyl (C=O) groups is 2. The van der Waals surface area contributed by atoms with E-state index in [1.807, 2.05) is 0 Å². The molecule has 2 rings (SSSR count). The molecule has 0 atom stereocenters. The zero-order valence-electron chi connectivity index (χ0n) is 8.79. The number of para-hydroxylation sites is 1. The highest BCUT2D eigenvalue weighted by atomic mass is 35.5. The van der Waals surface area contributed by atoms with Gasteiger partial charge in [0, 0.05) is 0 Å². The van der Waals surface area contributed by atoms with Crippen molar-refractivity contribution in [3.05, 3.63) is 45.9 Å². The molecule has 5 nitrogen and oxygen atoms in total. The number of carboxylic acid groups (broad SMARTS) is 1. The van der Waals surface area contributed by atoms with Crippen LogP contribution in [0.3, 0.4) is 0 Å². The molecule has 0 fully saturated rings. The van der Waals surface area contributed by atoms with Crippen LogP contribution in [0.1, 0.15) is 20.0 Å². The first-order valence-electron chi connectivity index (χ1n) is 4.74. The minimum Gasteiger partial charge on any atom is -0.478 e. The lowest BCUT2D eigenvalue weighted by Crippen LogP contribution is -2.11. The number of esters is 1. The van der Waals surface area contributed by atoms with E-state index < -0.39 is 11.9 Å². The second-order valence-electron chi connectivity index (χ2n) is 3.19. The van der Waals surface area contributed by atoms with Gasteiger partial charge in [-0.15, -0.1) is 0 Å². The molecule has 1 N–H and O–H groups in total. The highest BCUT2D eigenvalue weighted by Crippen LogP contribution is 2.25. The summed E-state index contributed by atoms with van der Waals surface area (Å²) < 4.78 is 8.67. The van der Waals surface area contributed by atoms with Crippen LogP contribution < -0.4 is 4.74 Å². The van der Waals surface area contributed by atoms with Crippen molar-refractivity contribution in [2.45, 2.75) is 0 Å². The van der Waals surface area contributed by atoms with E-state index in [4.69, 9.17) is 21.4 Å². The largest absolute Gasteiger partial charge is 0.478 e. The second-order valence-corrected chi connectivity index (χ2v) is 4.40. The summed E-state index contributed by atoms with van der Waals surface area (Å²) in [5, 5.41) is 9.13. The van der Waals surface area contributed by atoms with Gasteiger partial charge in [-0.3, -0.25) is 0 Å². The molecule has 1 aromatic heterocycles. The van der Waals surface area contributed by atoms with Gasteiger partial charge in [-0.05, 0) is 23.7 Å². The number of aromatic nitrogens is 1. The lowest BCUT2D eigenvalue weighted by molar-refractivity contribution is 0.0671. The van der Waals surface area contributed by atoms with Gasteiger partial charge in [-0.25, -0.2) is 9.59 Å². The Morgan fingerprint density at radius 1 is 1.33 bits per heavy atom. The number of aromatic carboxylic acids is 1. The predicted octanol–water partition coefficient (Wildman–Crippen LogP) is 2.71. The van der Waals surface area contributed by atoms with Crippen molar-refractivity contribution in [3.63, 3.8) is 0 Å². The van der Waals surface area contributed by atoms with E-state index in [0.717, 1.165) is 17.7 Å². The number of rotatable bonds is 3. The van der Waals surface area contributed by atoms with Crippen LogP contribution in [0.4, 0.5) is 0 Å². The number of nitrogens with zero attached hydrogens (tertiary/aromatic N) is 1. The van der Waals surface area contributed by atoms with Gasteiger partial charge in [0.2, 0.25) is 0 Å². The lowest BCUT2D eigenvalue weighted by atomic mass is 10.3. The molecule has 0 radical (unpaired) electrons. The maximum Gasteiger partial charge on any atom is 0.356 e. The van der Waals surface area contributed by atoms with E-state index in [1.54, 1.807) is 18.2 Å². The SMILES string of the molecule is O=C(O)c1cnsc1C(=O)Oc1ccccc1Cl. The van der Waals surface area contributed by atoms with Crippen LogP contribution in [0.2, 0.25) is 5.02 Å². The topological polar surface area (TPSA) is 76.5 Å². The molecule has 7 heteroatoms. The standard InChI is InChI=1S/C11H6ClNO4S/c12-7-3-1-2-4-8(7)17-11(16)9-6(10(14)15)5-13-18-9/h1-5H,(H,14,15). The summed E-state index contributed by atoms with van der Waals surface area (Å²) in [6, 6.07) is 6.42. The Morgan fingerprint density at radius 3 is 2.72 bits per heavy atom. The minimum atomic E-state index is -1.23. The molecule has 0 aliphatic carbocycles. The Hall–Kier alpha value is -1.92. The molecule has 0 spiro atoms. The number of benzene rings is 1. The fourth-order valence-corrected chi connectivity index (χ4v) is 2.01. The summed E-state index contributed by atoms with van der Waals surface area (Å²) in [4.78, 5) is 22.6. The van der Waals surface area contributed by atoms with Crippen molar-refractivity contribution in [3.8, 4) is 5.75 Å². The quantitative estimate of drug-likeness (QED) is 0.692. The molecule has 18 heavy (non-hydrogen) atoms. The Bertz CT molecular complexity index is 611. The summed E-state index contributed by atoms with van der Waals surface area (Å²) in [5.41, 5.74) is -0.183. The van der Waals surface area contributed by atoms with Crippen LogP contribution in [-0.2, 0) is 0 Å². The third-order valence-electron chi connectivity index (χ3n) is 2.03. The van der Waals surface area contributed by atoms with E-state index in [-0.39, 0.29) is 21.2 Å². The van der Waals surface area contributed by atoms with Crippen molar-refractivity contribution < 1.29 is 19.4 Å². The van der Waals surface area contributed by atoms with E-state index in [9.17, 15) is 9.59 Å². The number of hydrogen-bond acceptors (Lipinski definition) is 5. The molecule has 0 amide bonds. The van der Waals surface area contributed by atoms with Crippen LogP contribution in [0.25, 0.3) is 0 Å². The van der Waals surface area contributed by atoms with E-state index in [1.165, 1.54) is 6.07 Å². The molecule has 0 aliphatic heterocycles. The monoisotopic (exact) mass is 283 g/mol. The molecule has 1 heterocycles. The van der Waals surface area contributed by atoms with Crippen molar-refractivity contribution in [1.29, 1.82) is 0 Å². The van der Waals surface area contributed by atoms with E-state index >= 15 is 0 Å². The summed E-state index contributed by atoms with van der Waals surface area (Å²) >= 11 is 6.59. The molecule has 0 aliphatic rings.